The van der Waals surface area contributed by atoms with Crippen LogP contribution in [0.25, 0.3) is 21.1 Å². The van der Waals surface area contributed by atoms with Gasteiger partial charge in [-0.2, -0.15) is 0 Å². The van der Waals surface area contributed by atoms with E-state index in [-0.39, 0.29) is 5.91 Å². The number of thiazole rings is 1. The number of aryl methyl sites for hydroxylation is 1. The van der Waals surface area contributed by atoms with E-state index in [4.69, 9.17) is 14.5 Å². The van der Waals surface area contributed by atoms with E-state index >= 15 is 0 Å². The van der Waals surface area contributed by atoms with Crippen molar-refractivity contribution in [2.24, 2.45) is 0 Å². The number of carbonyl (C=O) groups excluding carboxylic acids is 1. The maximum atomic E-state index is 12.7. The number of rotatable bonds is 10. The maximum Gasteiger partial charge on any atom is 0.255 e. The lowest BCUT2D eigenvalue weighted by molar-refractivity contribution is 0.102. The first-order valence-corrected chi connectivity index (χ1v) is 15.2. The highest BCUT2D eigenvalue weighted by Crippen LogP contribution is 2.36. The minimum absolute atomic E-state index is 0.151. The molecular weight excluding hydrogens is 562 g/mol. The van der Waals surface area contributed by atoms with E-state index in [1.165, 1.54) is 17.7 Å². The molecule has 0 saturated carbocycles. The third-order valence-corrected chi connectivity index (χ3v) is 8.51. The Bertz CT molecular complexity index is 1730. The number of carbonyl (C=O) groups is 1. The molecule has 1 aliphatic rings. The van der Waals surface area contributed by atoms with Crippen molar-refractivity contribution < 1.29 is 14.3 Å². The van der Waals surface area contributed by atoms with Crippen LogP contribution in [-0.4, -0.2) is 84.1 Å². The summed E-state index contributed by atoms with van der Waals surface area (Å²) in [7, 11) is 3.81. The third-order valence-electron chi connectivity index (χ3n) is 7.58. The molecule has 3 heterocycles. The van der Waals surface area contributed by atoms with Gasteiger partial charge in [0.05, 0.1) is 29.5 Å². The number of fused-ring (bicyclic) bond motifs is 2. The SMILES string of the molecule is COc1cc2c(Nc3nc4ccc(NC(=O)c5ccc(C)cc5)cc4s3)ncnc2cc1OCCCN1CCN(C)CC1. The van der Waals surface area contributed by atoms with Crippen molar-refractivity contribution in [3.05, 3.63) is 72.1 Å². The van der Waals surface area contributed by atoms with E-state index in [0.29, 0.717) is 40.3 Å². The molecule has 1 fully saturated rings. The average molecular weight is 598 g/mol. The summed E-state index contributed by atoms with van der Waals surface area (Å²) in [5, 5.41) is 7.81. The zero-order valence-electron chi connectivity index (χ0n) is 24.6. The van der Waals surface area contributed by atoms with Crippen molar-refractivity contribution in [2.75, 3.05) is 64.1 Å². The van der Waals surface area contributed by atoms with Gasteiger partial charge in [0, 0.05) is 55.4 Å². The van der Waals surface area contributed by atoms with E-state index in [1.54, 1.807) is 7.11 Å². The molecule has 11 heteroatoms. The van der Waals surface area contributed by atoms with Crippen molar-refractivity contribution in [2.45, 2.75) is 13.3 Å². The van der Waals surface area contributed by atoms with Crippen molar-refractivity contribution in [1.82, 2.24) is 24.8 Å². The van der Waals surface area contributed by atoms with Crippen LogP contribution in [0.5, 0.6) is 11.5 Å². The zero-order valence-corrected chi connectivity index (χ0v) is 25.4. The summed E-state index contributed by atoms with van der Waals surface area (Å²) in [4.78, 5) is 31.2. The normalized spacial score (nSPS) is 14.2. The Kier molecular flexibility index (Phi) is 8.64. The number of piperazine rings is 1. The van der Waals surface area contributed by atoms with Crippen LogP contribution in [0.2, 0.25) is 0 Å². The van der Waals surface area contributed by atoms with Gasteiger partial charge in [0.1, 0.15) is 12.1 Å². The lowest BCUT2D eigenvalue weighted by atomic mass is 10.1. The molecule has 1 saturated heterocycles. The summed E-state index contributed by atoms with van der Waals surface area (Å²) in [6.45, 7) is 8.04. The summed E-state index contributed by atoms with van der Waals surface area (Å²) in [6.07, 6.45) is 2.47. The van der Waals surface area contributed by atoms with E-state index in [9.17, 15) is 4.79 Å². The van der Waals surface area contributed by atoms with Crippen molar-refractivity contribution in [1.29, 1.82) is 0 Å². The minimum atomic E-state index is -0.151. The molecule has 2 aromatic heterocycles. The first kappa shape index (κ1) is 28.8. The fourth-order valence-corrected chi connectivity index (χ4v) is 5.95. The number of ether oxygens (including phenoxy) is 2. The van der Waals surface area contributed by atoms with E-state index in [2.05, 4.69) is 37.4 Å². The van der Waals surface area contributed by atoms with Gasteiger partial charge >= 0.3 is 0 Å². The topological polar surface area (TPSA) is 105 Å². The Morgan fingerprint density at radius 2 is 1.79 bits per heavy atom. The fourth-order valence-electron chi connectivity index (χ4n) is 5.04. The van der Waals surface area contributed by atoms with Crippen molar-refractivity contribution in [3.8, 4) is 11.5 Å². The second kappa shape index (κ2) is 12.9. The molecule has 0 atom stereocenters. The van der Waals surface area contributed by atoms with E-state index in [1.807, 2.05) is 61.5 Å². The third kappa shape index (κ3) is 6.85. The largest absolute Gasteiger partial charge is 0.493 e. The molecule has 1 aliphatic heterocycles. The van der Waals surface area contributed by atoms with Crippen LogP contribution in [-0.2, 0) is 0 Å². The lowest BCUT2D eigenvalue weighted by Gasteiger charge is -2.32. The number of nitrogens with zero attached hydrogens (tertiary/aromatic N) is 5. The number of methoxy groups -OCH3 is 1. The number of benzene rings is 3. The van der Waals surface area contributed by atoms with E-state index in [0.717, 1.165) is 65.8 Å². The molecule has 0 radical (unpaired) electrons. The van der Waals surface area contributed by atoms with Crippen LogP contribution >= 0.6 is 11.3 Å². The molecule has 5 aromatic rings. The van der Waals surface area contributed by atoms with Gasteiger partial charge in [-0.1, -0.05) is 29.0 Å². The quantitative estimate of drug-likeness (QED) is 0.200. The fraction of sp³-hybridized carbons (Fsp3) is 0.312. The summed E-state index contributed by atoms with van der Waals surface area (Å²) in [5.41, 5.74) is 4.00. The number of hydrogen-bond acceptors (Lipinski definition) is 10. The monoisotopic (exact) mass is 597 g/mol. The summed E-state index contributed by atoms with van der Waals surface area (Å²) in [5.74, 6) is 1.76. The Morgan fingerprint density at radius 1 is 0.977 bits per heavy atom. The molecule has 0 aliphatic carbocycles. The van der Waals surface area contributed by atoms with Gasteiger partial charge in [0.2, 0.25) is 0 Å². The Labute approximate surface area is 254 Å². The van der Waals surface area contributed by atoms with Gasteiger partial charge in [-0.3, -0.25) is 4.79 Å². The number of aromatic nitrogens is 3. The summed E-state index contributed by atoms with van der Waals surface area (Å²) in [6, 6.07) is 17.0. The average Bonchev–Trinajstić information content (AvgIpc) is 3.42. The van der Waals surface area contributed by atoms with Gasteiger partial charge in [-0.05, 0) is 56.8 Å². The van der Waals surface area contributed by atoms with Crippen LogP contribution in [0.4, 0.5) is 16.6 Å². The summed E-state index contributed by atoms with van der Waals surface area (Å²) < 4.78 is 12.7. The number of amides is 1. The van der Waals surface area contributed by atoms with Crippen LogP contribution in [0.1, 0.15) is 22.3 Å². The Hall–Kier alpha value is -4.32. The second-order valence-corrected chi connectivity index (χ2v) is 11.8. The smallest absolute Gasteiger partial charge is 0.255 e. The molecular formula is C32H35N7O3S. The number of hydrogen-bond donors (Lipinski definition) is 2. The standard InChI is InChI=1S/C32H35N7O3S/c1-21-5-7-22(8-6-21)31(40)35-23-9-10-25-29(17-23)43-32(36-25)37-30-24-18-27(41-3)28(19-26(24)33-20-34-30)42-16-4-11-39-14-12-38(2)13-15-39/h5-10,17-20H,4,11-16H2,1-3H3,(H,35,40)(H,33,34,36,37). The molecule has 222 valence electrons. The van der Waals surface area contributed by atoms with Crippen LogP contribution in [0, 0.1) is 6.92 Å². The first-order valence-electron chi connectivity index (χ1n) is 14.4. The molecule has 0 bridgehead atoms. The highest BCUT2D eigenvalue weighted by Gasteiger charge is 2.16. The van der Waals surface area contributed by atoms with E-state index < -0.39 is 0 Å². The highest BCUT2D eigenvalue weighted by atomic mass is 32.1. The van der Waals surface area contributed by atoms with Crippen LogP contribution < -0.4 is 20.1 Å². The number of likely N-dealkylation sites (N-methyl/N-ethyl adjacent to an activating group) is 1. The number of nitrogens with one attached hydrogen (secondary N) is 2. The van der Waals surface area contributed by atoms with Crippen LogP contribution in [0.3, 0.4) is 0 Å². The van der Waals surface area contributed by atoms with Gasteiger partial charge in [-0.25, -0.2) is 15.0 Å². The van der Waals surface area contributed by atoms with Gasteiger partial charge in [0.15, 0.2) is 16.6 Å². The maximum absolute atomic E-state index is 12.7. The summed E-state index contributed by atoms with van der Waals surface area (Å²) >= 11 is 1.48. The zero-order chi connectivity index (χ0) is 29.8. The predicted molar refractivity (Wildman–Crippen MR) is 172 cm³/mol. The molecule has 1 amide bonds. The van der Waals surface area contributed by atoms with Crippen LogP contribution in [0.15, 0.2) is 60.9 Å². The predicted octanol–water partition coefficient (Wildman–Crippen LogP) is 5.57. The second-order valence-electron chi connectivity index (χ2n) is 10.7. The van der Waals surface area contributed by atoms with Gasteiger partial charge < -0.3 is 29.9 Å². The van der Waals surface area contributed by atoms with Gasteiger partial charge in [0.25, 0.3) is 5.91 Å². The first-order chi connectivity index (χ1) is 20.9. The van der Waals surface area contributed by atoms with Crippen molar-refractivity contribution >= 4 is 55.0 Å². The molecule has 10 nitrogen and oxygen atoms in total. The molecule has 43 heavy (non-hydrogen) atoms. The molecule has 0 unspecified atom stereocenters. The number of anilines is 3. The molecule has 0 spiro atoms. The van der Waals surface area contributed by atoms with Gasteiger partial charge in [-0.15, -0.1) is 0 Å². The Balaban J connectivity index is 1.14. The van der Waals surface area contributed by atoms with Crippen molar-refractivity contribution in [3.63, 3.8) is 0 Å². The minimum Gasteiger partial charge on any atom is -0.493 e. The molecule has 2 N–H and O–H groups in total. The molecule has 3 aromatic carbocycles. The highest BCUT2D eigenvalue weighted by molar-refractivity contribution is 7.22. The Morgan fingerprint density at radius 3 is 2.58 bits per heavy atom. The molecule has 6 rings (SSSR count). The lowest BCUT2D eigenvalue weighted by Crippen LogP contribution is -2.44.